The first kappa shape index (κ1) is 14.9. The maximum absolute atomic E-state index is 11.7. The minimum absolute atomic E-state index is 0.0693. The Morgan fingerprint density at radius 1 is 1.23 bits per heavy atom. The molecule has 22 heavy (non-hydrogen) atoms. The van der Waals surface area contributed by atoms with Crippen LogP contribution in [0.3, 0.4) is 0 Å². The Labute approximate surface area is 135 Å². The highest BCUT2D eigenvalue weighted by Crippen LogP contribution is 2.34. The van der Waals surface area contributed by atoms with Crippen molar-refractivity contribution in [2.75, 3.05) is 5.32 Å². The molecule has 0 atom stereocenters. The lowest BCUT2D eigenvalue weighted by atomic mass is 10.2. The SMILES string of the molecule is CC(C)C(=O)Nc1nnc(Sc2ncnc3ccccc23)s1. The first-order chi connectivity index (χ1) is 10.6. The highest BCUT2D eigenvalue weighted by atomic mass is 32.2. The van der Waals surface area contributed by atoms with Crippen molar-refractivity contribution >= 4 is 45.0 Å². The van der Waals surface area contributed by atoms with Crippen molar-refractivity contribution in [3.8, 4) is 0 Å². The Hall–Kier alpha value is -2.06. The van der Waals surface area contributed by atoms with Crippen molar-refractivity contribution in [2.24, 2.45) is 5.92 Å². The van der Waals surface area contributed by atoms with Crippen LogP contribution in [-0.4, -0.2) is 26.1 Å². The molecule has 0 aliphatic heterocycles. The van der Waals surface area contributed by atoms with E-state index in [1.54, 1.807) is 0 Å². The zero-order valence-corrected chi connectivity index (χ0v) is 13.6. The predicted molar refractivity (Wildman–Crippen MR) is 87.0 cm³/mol. The van der Waals surface area contributed by atoms with E-state index in [0.29, 0.717) is 5.13 Å². The molecule has 8 heteroatoms. The average molecular weight is 331 g/mol. The van der Waals surface area contributed by atoms with Crippen LogP contribution in [0.15, 0.2) is 40.0 Å². The summed E-state index contributed by atoms with van der Waals surface area (Å²) >= 11 is 2.75. The molecule has 0 radical (unpaired) electrons. The summed E-state index contributed by atoms with van der Waals surface area (Å²) in [6.45, 7) is 3.66. The highest BCUT2D eigenvalue weighted by Gasteiger charge is 2.13. The predicted octanol–water partition coefficient (Wildman–Crippen LogP) is 3.23. The third-order valence-corrected chi connectivity index (χ3v) is 4.76. The van der Waals surface area contributed by atoms with Crippen LogP contribution < -0.4 is 5.32 Å². The van der Waals surface area contributed by atoms with Crippen molar-refractivity contribution < 1.29 is 4.79 Å². The molecule has 0 bridgehead atoms. The number of carbonyl (C=O) groups excluding carboxylic acids is 1. The van der Waals surface area contributed by atoms with Crippen LogP contribution in [-0.2, 0) is 4.79 Å². The van der Waals surface area contributed by atoms with Crippen LogP contribution in [0.25, 0.3) is 10.9 Å². The lowest BCUT2D eigenvalue weighted by molar-refractivity contribution is -0.118. The van der Waals surface area contributed by atoms with Gasteiger partial charge in [0.1, 0.15) is 11.4 Å². The summed E-state index contributed by atoms with van der Waals surface area (Å²) in [5.41, 5.74) is 0.887. The zero-order valence-electron chi connectivity index (χ0n) is 12.0. The molecule has 0 saturated carbocycles. The van der Waals surface area contributed by atoms with Gasteiger partial charge in [0.05, 0.1) is 5.52 Å². The Kier molecular flexibility index (Phi) is 4.30. The molecule has 0 unspecified atom stereocenters. The lowest BCUT2D eigenvalue weighted by Gasteiger charge is -2.02. The number of para-hydroxylation sites is 1. The Bertz CT molecular complexity index is 812. The molecule has 2 heterocycles. The second kappa shape index (κ2) is 6.37. The number of hydrogen-bond donors (Lipinski definition) is 1. The Balaban J connectivity index is 1.81. The van der Waals surface area contributed by atoms with Crippen LogP contribution >= 0.6 is 23.1 Å². The standard InChI is InChI=1S/C14H13N5OS2/c1-8(2)11(20)17-13-18-19-14(22-13)21-12-9-5-3-4-6-10(9)15-7-16-12/h3-8H,1-2H3,(H,17,18,20). The molecule has 3 aromatic rings. The molecule has 112 valence electrons. The number of amides is 1. The molecule has 2 aromatic heterocycles. The van der Waals surface area contributed by atoms with E-state index in [1.165, 1.54) is 29.4 Å². The maximum Gasteiger partial charge on any atom is 0.228 e. The van der Waals surface area contributed by atoms with Gasteiger partial charge in [-0.05, 0) is 17.8 Å². The molecule has 0 spiro atoms. The average Bonchev–Trinajstić information content (AvgIpc) is 2.94. The molecule has 1 amide bonds. The molecule has 0 aliphatic rings. The Morgan fingerprint density at radius 3 is 2.86 bits per heavy atom. The second-order valence-corrected chi connectivity index (χ2v) is 7.03. The van der Waals surface area contributed by atoms with E-state index in [0.717, 1.165) is 20.3 Å². The summed E-state index contributed by atoms with van der Waals surface area (Å²) in [4.78, 5) is 20.2. The van der Waals surface area contributed by atoms with Crippen LogP contribution in [0.5, 0.6) is 0 Å². The van der Waals surface area contributed by atoms with Crippen LogP contribution in [0.1, 0.15) is 13.8 Å². The van der Waals surface area contributed by atoms with Gasteiger partial charge in [0, 0.05) is 11.3 Å². The van der Waals surface area contributed by atoms with Crippen molar-refractivity contribution in [3.05, 3.63) is 30.6 Å². The van der Waals surface area contributed by atoms with E-state index >= 15 is 0 Å². The molecule has 0 fully saturated rings. The number of aromatic nitrogens is 4. The largest absolute Gasteiger partial charge is 0.300 e. The van der Waals surface area contributed by atoms with Gasteiger partial charge in [0.15, 0.2) is 4.34 Å². The number of hydrogen-bond acceptors (Lipinski definition) is 7. The molecule has 1 N–H and O–H groups in total. The van der Waals surface area contributed by atoms with E-state index in [-0.39, 0.29) is 11.8 Å². The number of carbonyl (C=O) groups is 1. The first-order valence-corrected chi connectivity index (χ1v) is 8.29. The summed E-state index contributed by atoms with van der Waals surface area (Å²) in [7, 11) is 0. The van der Waals surface area contributed by atoms with E-state index < -0.39 is 0 Å². The van der Waals surface area contributed by atoms with Gasteiger partial charge in [-0.3, -0.25) is 4.79 Å². The number of fused-ring (bicyclic) bond motifs is 1. The smallest absolute Gasteiger partial charge is 0.228 e. The van der Waals surface area contributed by atoms with Crippen molar-refractivity contribution in [2.45, 2.75) is 23.2 Å². The zero-order chi connectivity index (χ0) is 15.5. The number of benzene rings is 1. The van der Waals surface area contributed by atoms with Crippen LogP contribution in [0.2, 0.25) is 0 Å². The minimum Gasteiger partial charge on any atom is -0.300 e. The fourth-order valence-electron chi connectivity index (χ4n) is 1.70. The highest BCUT2D eigenvalue weighted by molar-refractivity contribution is 8.01. The topological polar surface area (TPSA) is 80.7 Å². The van der Waals surface area contributed by atoms with Gasteiger partial charge in [-0.15, -0.1) is 10.2 Å². The van der Waals surface area contributed by atoms with E-state index in [4.69, 9.17) is 0 Å². The van der Waals surface area contributed by atoms with Gasteiger partial charge in [0.25, 0.3) is 0 Å². The van der Waals surface area contributed by atoms with Gasteiger partial charge in [-0.25, -0.2) is 9.97 Å². The third kappa shape index (κ3) is 3.23. The van der Waals surface area contributed by atoms with Crippen LogP contribution in [0, 0.1) is 5.92 Å². The van der Waals surface area contributed by atoms with E-state index in [2.05, 4.69) is 25.5 Å². The number of nitrogens with one attached hydrogen (secondary N) is 1. The first-order valence-electron chi connectivity index (χ1n) is 6.65. The molecule has 3 rings (SSSR count). The van der Waals surface area contributed by atoms with Crippen LogP contribution in [0.4, 0.5) is 5.13 Å². The van der Waals surface area contributed by atoms with Gasteiger partial charge in [0.2, 0.25) is 11.0 Å². The fraction of sp³-hybridized carbons (Fsp3) is 0.214. The van der Waals surface area contributed by atoms with Gasteiger partial charge < -0.3 is 5.32 Å². The molecule has 6 nitrogen and oxygen atoms in total. The van der Waals surface area contributed by atoms with Crippen molar-refractivity contribution in [3.63, 3.8) is 0 Å². The number of anilines is 1. The van der Waals surface area contributed by atoms with Gasteiger partial charge >= 0.3 is 0 Å². The third-order valence-electron chi connectivity index (χ3n) is 2.85. The fourth-order valence-corrected chi connectivity index (χ4v) is 3.45. The molecule has 0 aliphatic carbocycles. The second-order valence-electron chi connectivity index (χ2n) is 4.82. The van der Waals surface area contributed by atoms with Crippen molar-refractivity contribution in [1.82, 2.24) is 20.2 Å². The summed E-state index contributed by atoms with van der Waals surface area (Å²) in [6, 6.07) is 7.80. The van der Waals surface area contributed by atoms with E-state index in [1.807, 2.05) is 38.1 Å². The Morgan fingerprint density at radius 2 is 2.05 bits per heavy atom. The molecule has 0 saturated heterocycles. The van der Waals surface area contributed by atoms with E-state index in [9.17, 15) is 4.79 Å². The lowest BCUT2D eigenvalue weighted by Crippen LogP contribution is -2.17. The molecular weight excluding hydrogens is 318 g/mol. The quantitative estimate of drug-likeness (QED) is 0.584. The summed E-state index contributed by atoms with van der Waals surface area (Å²) < 4.78 is 0.725. The maximum atomic E-state index is 11.7. The van der Waals surface area contributed by atoms with Gasteiger partial charge in [-0.2, -0.15) is 0 Å². The summed E-state index contributed by atoms with van der Waals surface area (Å²) in [5, 5.41) is 13.1. The van der Waals surface area contributed by atoms with Gasteiger partial charge in [-0.1, -0.05) is 43.4 Å². The minimum atomic E-state index is -0.0918. The normalized spacial score (nSPS) is 11.0. The van der Waals surface area contributed by atoms with Crippen molar-refractivity contribution in [1.29, 1.82) is 0 Å². The summed E-state index contributed by atoms with van der Waals surface area (Å²) in [5.74, 6) is -0.161. The molecule has 1 aromatic carbocycles. The summed E-state index contributed by atoms with van der Waals surface area (Å²) in [6.07, 6.45) is 1.53. The number of nitrogens with zero attached hydrogens (tertiary/aromatic N) is 4. The number of rotatable bonds is 4. The molecular formula is C14H13N5OS2. The monoisotopic (exact) mass is 331 g/mol.